The third kappa shape index (κ3) is 6.24. The van der Waals surface area contributed by atoms with Crippen molar-refractivity contribution >= 4 is 14.4 Å². The second-order valence-electron chi connectivity index (χ2n) is 7.30. The van der Waals surface area contributed by atoms with Crippen molar-refractivity contribution in [2.75, 3.05) is 6.54 Å². The van der Waals surface area contributed by atoms with Gasteiger partial charge in [0, 0.05) is 23.8 Å². The average Bonchev–Trinajstić information content (AvgIpc) is 2.25. The molecule has 0 radical (unpaired) electrons. The molecule has 112 valence electrons. The first-order chi connectivity index (χ1) is 8.57. The van der Waals surface area contributed by atoms with Gasteiger partial charge >= 0.3 is 14.4 Å². The normalized spacial score (nSPS) is 12.9. The Balaban J connectivity index is 5.11. The van der Waals surface area contributed by atoms with E-state index in [1.54, 1.807) is 0 Å². The fourth-order valence-corrected chi connectivity index (χ4v) is 5.31. The summed E-state index contributed by atoms with van der Waals surface area (Å²) in [7, 11) is 0. The predicted molar refractivity (Wildman–Crippen MR) is 89.6 cm³/mol. The summed E-state index contributed by atoms with van der Waals surface area (Å²) in [5, 5.41) is 2.67. The fourth-order valence-electron chi connectivity index (χ4n) is 2.53. The van der Waals surface area contributed by atoms with Gasteiger partial charge in [-0.05, 0) is 54.7 Å². The van der Waals surface area contributed by atoms with Crippen LogP contribution in [0.3, 0.4) is 0 Å². The van der Waals surface area contributed by atoms with Crippen LogP contribution in [0.4, 0.5) is 0 Å². The average molecular weight is 282 g/mol. The second kappa shape index (κ2) is 7.60. The molecule has 0 unspecified atom stereocenters. The highest BCUT2D eigenvalue weighted by Gasteiger charge is 2.29. The van der Waals surface area contributed by atoms with E-state index in [2.05, 4.69) is 83.5 Å². The van der Waals surface area contributed by atoms with E-state index >= 15 is 0 Å². The number of hydrogen-bond acceptors (Lipinski definition) is 2. The predicted octanol–water partition coefficient (Wildman–Crippen LogP) is 4.71. The molecule has 0 aromatic rings. The first kappa shape index (κ1) is 18.9. The number of hydrogen-bond donors (Lipinski definition) is 0. The van der Waals surface area contributed by atoms with Crippen molar-refractivity contribution in [3.05, 3.63) is 12.4 Å². The standard InChI is InChI=1S/C12H25N2.2C2H5.Al/c1-8-14(12(5,6)7)10-9-13-11(2,3)4;2*1-2;/h9-10H,8H2,1-7H3;2*1H2,2H3;/q-1;;;+1/b10-9-;;;. The van der Waals surface area contributed by atoms with Gasteiger partial charge in [-0.2, -0.15) is 0 Å². The third-order valence-electron chi connectivity index (χ3n) is 3.72. The minimum atomic E-state index is -0.836. The molecule has 0 heterocycles. The summed E-state index contributed by atoms with van der Waals surface area (Å²) in [6, 6.07) is 0. The van der Waals surface area contributed by atoms with Gasteiger partial charge in [0.15, 0.2) is 0 Å². The Morgan fingerprint density at radius 1 is 0.789 bits per heavy atom. The van der Waals surface area contributed by atoms with E-state index < -0.39 is 14.4 Å². The molecule has 0 fully saturated rings. The summed E-state index contributed by atoms with van der Waals surface area (Å²) >= 11 is -0.836. The van der Waals surface area contributed by atoms with Crippen LogP contribution in [-0.4, -0.2) is 40.8 Å². The lowest BCUT2D eigenvalue weighted by molar-refractivity contribution is 0.209. The van der Waals surface area contributed by atoms with Crippen LogP contribution in [-0.2, 0) is 0 Å². The molecule has 0 rings (SSSR count). The van der Waals surface area contributed by atoms with Crippen LogP contribution in [0, 0.1) is 0 Å². The molecule has 0 aromatic heterocycles. The molecule has 2 nitrogen and oxygen atoms in total. The van der Waals surface area contributed by atoms with E-state index in [0.29, 0.717) is 0 Å². The molecule has 19 heavy (non-hydrogen) atoms. The quantitative estimate of drug-likeness (QED) is 0.651. The topological polar surface area (TPSA) is 6.48 Å². The Hall–Kier alpha value is -0.128. The second-order valence-corrected chi connectivity index (χ2v) is 10.8. The van der Waals surface area contributed by atoms with Crippen LogP contribution >= 0.6 is 0 Å². The SMILES string of the molecule is CCN(/C=C\[N]([Al]([CH2]C)[CH2]C)C(C)(C)C)C(C)(C)C. The lowest BCUT2D eigenvalue weighted by Crippen LogP contribution is -2.47. The molecule has 0 amide bonds. The molecule has 0 N–H and O–H groups in total. The largest absolute Gasteiger partial charge is 0.463 e. The molecule has 0 saturated heterocycles. The first-order valence-electron chi connectivity index (χ1n) is 7.81. The maximum atomic E-state index is 2.65. The van der Waals surface area contributed by atoms with Gasteiger partial charge < -0.3 is 8.78 Å². The lowest BCUT2D eigenvalue weighted by atomic mass is 10.1. The monoisotopic (exact) mass is 282 g/mol. The smallest absolute Gasteiger partial charge is 0.413 e. The molecule has 0 aliphatic heterocycles. The van der Waals surface area contributed by atoms with Crippen molar-refractivity contribution in [1.29, 1.82) is 0 Å². The Kier molecular flexibility index (Phi) is 7.55. The summed E-state index contributed by atoms with van der Waals surface area (Å²) in [6.07, 6.45) is 4.66. The van der Waals surface area contributed by atoms with Crippen LogP contribution in [0.25, 0.3) is 0 Å². The Morgan fingerprint density at radius 3 is 1.53 bits per heavy atom. The van der Waals surface area contributed by atoms with Gasteiger partial charge in [0.25, 0.3) is 0 Å². The summed E-state index contributed by atoms with van der Waals surface area (Å²) in [4.78, 5) is 2.42. The number of rotatable bonds is 6. The Bertz CT molecular complexity index is 269. The summed E-state index contributed by atoms with van der Waals surface area (Å²) in [5.41, 5.74) is 0.432. The van der Waals surface area contributed by atoms with E-state index in [1.165, 1.54) is 10.6 Å². The van der Waals surface area contributed by atoms with Crippen molar-refractivity contribution in [3.63, 3.8) is 0 Å². The molecular formula is C16H35AlN2. The highest BCUT2D eigenvalue weighted by atomic mass is 27.2. The molecule has 0 saturated carbocycles. The zero-order chi connectivity index (χ0) is 15.3. The van der Waals surface area contributed by atoms with Gasteiger partial charge in [-0.3, -0.25) is 0 Å². The van der Waals surface area contributed by atoms with Crippen LogP contribution in [0.15, 0.2) is 12.4 Å². The van der Waals surface area contributed by atoms with E-state index in [1.807, 2.05) is 0 Å². The molecule has 0 bridgehead atoms. The van der Waals surface area contributed by atoms with Crippen molar-refractivity contribution in [1.82, 2.24) is 8.78 Å². The minimum absolute atomic E-state index is 0.199. The van der Waals surface area contributed by atoms with Crippen LogP contribution < -0.4 is 0 Å². The first-order valence-corrected chi connectivity index (χ1v) is 9.96. The highest BCUT2D eigenvalue weighted by Crippen LogP contribution is 2.21. The Morgan fingerprint density at radius 2 is 1.26 bits per heavy atom. The van der Waals surface area contributed by atoms with Crippen molar-refractivity contribution in [2.24, 2.45) is 0 Å². The van der Waals surface area contributed by atoms with E-state index in [0.717, 1.165) is 6.54 Å². The molecular weight excluding hydrogens is 247 g/mol. The third-order valence-corrected chi connectivity index (χ3v) is 7.34. The highest BCUT2D eigenvalue weighted by molar-refractivity contribution is 6.56. The lowest BCUT2D eigenvalue weighted by Gasteiger charge is -2.41. The van der Waals surface area contributed by atoms with Gasteiger partial charge in [0.2, 0.25) is 0 Å². The Labute approximate surface area is 126 Å². The van der Waals surface area contributed by atoms with E-state index in [9.17, 15) is 0 Å². The van der Waals surface area contributed by atoms with E-state index in [-0.39, 0.29) is 11.1 Å². The van der Waals surface area contributed by atoms with Gasteiger partial charge in [-0.25, -0.2) is 0 Å². The maximum absolute atomic E-state index is 2.65. The van der Waals surface area contributed by atoms with Gasteiger partial charge in [0.1, 0.15) is 0 Å². The van der Waals surface area contributed by atoms with Gasteiger partial charge in [0.05, 0.1) is 0 Å². The van der Waals surface area contributed by atoms with Gasteiger partial charge in [-0.1, -0.05) is 24.4 Å². The van der Waals surface area contributed by atoms with Crippen LogP contribution in [0.2, 0.25) is 10.6 Å². The molecule has 3 heteroatoms. The summed E-state index contributed by atoms with van der Waals surface area (Å²) in [6.45, 7) is 21.8. The molecule has 0 aliphatic carbocycles. The van der Waals surface area contributed by atoms with Crippen molar-refractivity contribution < 1.29 is 0 Å². The van der Waals surface area contributed by atoms with Gasteiger partial charge in [-0.15, -0.1) is 0 Å². The maximum Gasteiger partial charge on any atom is 0.413 e. The summed E-state index contributed by atoms with van der Waals surface area (Å²) < 4.78 is 2.65. The summed E-state index contributed by atoms with van der Waals surface area (Å²) in [5.74, 6) is 0. The minimum Gasteiger partial charge on any atom is -0.463 e. The molecule has 0 aromatic carbocycles. The van der Waals surface area contributed by atoms with Crippen LogP contribution in [0.5, 0.6) is 0 Å². The fraction of sp³-hybridized carbons (Fsp3) is 0.875. The molecule has 0 spiro atoms. The molecule has 0 atom stereocenters. The molecule has 0 aliphatic rings. The van der Waals surface area contributed by atoms with Crippen molar-refractivity contribution in [3.8, 4) is 0 Å². The zero-order valence-electron chi connectivity index (χ0n) is 14.7. The number of nitrogens with zero attached hydrogens (tertiary/aromatic N) is 2. The van der Waals surface area contributed by atoms with E-state index in [4.69, 9.17) is 0 Å². The zero-order valence-corrected chi connectivity index (χ0v) is 15.9. The van der Waals surface area contributed by atoms with Crippen molar-refractivity contribution in [2.45, 2.75) is 84.0 Å². The van der Waals surface area contributed by atoms with Crippen LogP contribution in [0.1, 0.15) is 62.3 Å².